The molecule has 2 nitrogen and oxygen atoms in total. The van der Waals surface area contributed by atoms with Crippen LogP contribution in [0.25, 0.3) is 77.2 Å². The van der Waals surface area contributed by atoms with Crippen LogP contribution in [0.5, 0.6) is 0 Å². The van der Waals surface area contributed by atoms with Crippen LogP contribution in [0.2, 0.25) is 0 Å². The predicted molar refractivity (Wildman–Crippen MR) is 228 cm³/mol. The van der Waals surface area contributed by atoms with Gasteiger partial charge in [0, 0.05) is 27.5 Å². The van der Waals surface area contributed by atoms with E-state index in [-0.39, 0.29) is 0 Å². The number of fused-ring (bicyclic) bond motifs is 4. The van der Waals surface area contributed by atoms with E-state index in [1.807, 2.05) is 12.1 Å². The maximum atomic E-state index is 6.27. The Kier molecular flexibility index (Phi) is 7.85. The summed E-state index contributed by atoms with van der Waals surface area (Å²) in [6.07, 6.45) is 0. The molecule has 0 saturated heterocycles. The van der Waals surface area contributed by atoms with Crippen molar-refractivity contribution in [2.75, 3.05) is 4.90 Å². The highest BCUT2D eigenvalue weighted by Crippen LogP contribution is 2.46. The highest BCUT2D eigenvalue weighted by Gasteiger charge is 2.21. The summed E-state index contributed by atoms with van der Waals surface area (Å²) in [7, 11) is 0. The number of rotatable bonds is 7. The lowest BCUT2D eigenvalue weighted by molar-refractivity contribution is 0.669. The van der Waals surface area contributed by atoms with Gasteiger partial charge >= 0.3 is 0 Å². The van der Waals surface area contributed by atoms with Crippen LogP contribution < -0.4 is 4.90 Å². The van der Waals surface area contributed by atoms with Gasteiger partial charge in [-0.05, 0) is 92.4 Å². The molecule has 2 heteroatoms. The third-order valence-corrected chi connectivity index (χ3v) is 10.5. The molecule has 0 spiro atoms. The van der Waals surface area contributed by atoms with Gasteiger partial charge in [0.1, 0.15) is 11.2 Å². The molecule has 0 fully saturated rings. The molecule has 0 N–H and O–H groups in total. The van der Waals surface area contributed by atoms with Gasteiger partial charge in [-0.1, -0.05) is 170 Å². The molecule has 0 bridgehead atoms. The lowest BCUT2D eigenvalue weighted by Crippen LogP contribution is -2.10. The van der Waals surface area contributed by atoms with Gasteiger partial charge in [0.05, 0.1) is 5.69 Å². The Morgan fingerprint density at radius 2 is 0.852 bits per heavy atom. The number of benzene rings is 9. The van der Waals surface area contributed by atoms with Gasteiger partial charge in [-0.3, -0.25) is 0 Å². The van der Waals surface area contributed by atoms with Gasteiger partial charge < -0.3 is 9.32 Å². The first-order valence-electron chi connectivity index (χ1n) is 18.4. The van der Waals surface area contributed by atoms with Crippen molar-refractivity contribution < 1.29 is 4.42 Å². The monoisotopic (exact) mass is 689 g/mol. The van der Waals surface area contributed by atoms with Crippen LogP contribution in [0, 0.1) is 0 Å². The van der Waals surface area contributed by atoms with E-state index in [0.29, 0.717) is 0 Å². The van der Waals surface area contributed by atoms with Gasteiger partial charge in [-0.15, -0.1) is 0 Å². The fourth-order valence-corrected chi connectivity index (χ4v) is 8.01. The number of hydrogen-bond donors (Lipinski definition) is 0. The van der Waals surface area contributed by atoms with Crippen molar-refractivity contribution in [3.63, 3.8) is 0 Å². The topological polar surface area (TPSA) is 16.4 Å². The summed E-state index contributed by atoms with van der Waals surface area (Å²) in [5.74, 6) is 0. The minimum atomic E-state index is 0.881. The second kappa shape index (κ2) is 13.4. The van der Waals surface area contributed by atoms with Gasteiger partial charge in [0.25, 0.3) is 0 Å². The zero-order valence-electron chi connectivity index (χ0n) is 29.6. The fourth-order valence-electron chi connectivity index (χ4n) is 8.01. The number of anilines is 3. The van der Waals surface area contributed by atoms with E-state index < -0.39 is 0 Å². The molecule has 9 aromatic carbocycles. The molecule has 0 saturated carbocycles. The Morgan fingerprint density at radius 1 is 0.315 bits per heavy atom. The second-order valence-electron chi connectivity index (χ2n) is 13.7. The van der Waals surface area contributed by atoms with Crippen LogP contribution in [0.4, 0.5) is 17.1 Å². The minimum absolute atomic E-state index is 0.881. The molecule has 0 atom stereocenters. The van der Waals surface area contributed by atoms with Crippen molar-refractivity contribution in [1.82, 2.24) is 0 Å². The molecule has 0 aliphatic carbocycles. The van der Waals surface area contributed by atoms with Gasteiger partial charge in [-0.25, -0.2) is 0 Å². The summed E-state index contributed by atoms with van der Waals surface area (Å²) in [6.45, 7) is 0. The third kappa shape index (κ3) is 5.53. The van der Waals surface area contributed by atoms with Crippen molar-refractivity contribution in [3.05, 3.63) is 212 Å². The van der Waals surface area contributed by atoms with Crippen molar-refractivity contribution in [2.45, 2.75) is 0 Å². The molecule has 0 aliphatic heterocycles. The van der Waals surface area contributed by atoms with Gasteiger partial charge in [-0.2, -0.15) is 0 Å². The number of hydrogen-bond acceptors (Lipinski definition) is 2. The smallest absolute Gasteiger partial charge is 0.135 e. The average molecular weight is 690 g/mol. The molecule has 10 aromatic rings. The van der Waals surface area contributed by atoms with E-state index in [4.69, 9.17) is 4.42 Å². The molecule has 0 radical (unpaired) electrons. The Hall–Kier alpha value is -7.16. The van der Waals surface area contributed by atoms with Crippen molar-refractivity contribution in [3.8, 4) is 44.5 Å². The first-order valence-corrected chi connectivity index (χ1v) is 18.4. The van der Waals surface area contributed by atoms with E-state index in [0.717, 1.165) is 44.6 Å². The SMILES string of the molecule is c1ccc(-c2ccccc2-c2c(-c3ccccc3)cccc2-c2cccc(N(c3ccc4oc5ccccc5c4c3)c3cccc4ccccc34)c2)cc1. The maximum Gasteiger partial charge on any atom is 0.135 e. The van der Waals surface area contributed by atoms with Crippen LogP contribution >= 0.6 is 0 Å². The predicted octanol–water partition coefficient (Wildman–Crippen LogP) is 14.9. The first kappa shape index (κ1) is 31.6. The standard InChI is InChI=1S/C52H35NO/c1-3-16-36(17-4-1)42-24-9-10-27-47(42)52-44(38-18-5-2-6-19-38)28-15-29-45(52)39-22-13-23-40(34-39)53(49-30-14-21-37-20-7-8-25-43(37)49)41-32-33-51-48(35-41)46-26-11-12-31-50(46)54-51/h1-35H. The van der Waals surface area contributed by atoms with Crippen molar-refractivity contribution >= 4 is 49.8 Å². The van der Waals surface area contributed by atoms with E-state index in [1.54, 1.807) is 0 Å². The first-order chi connectivity index (χ1) is 26.8. The Balaban J connectivity index is 1.22. The molecule has 0 aliphatic rings. The van der Waals surface area contributed by atoms with Crippen LogP contribution in [-0.2, 0) is 0 Å². The van der Waals surface area contributed by atoms with E-state index in [2.05, 4.69) is 205 Å². The largest absolute Gasteiger partial charge is 0.456 e. The summed E-state index contributed by atoms with van der Waals surface area (Å²) in [5.41, 5.74) is 14.5. The molecule has 54 heavy (non-hydrogen) atoms. The second-order valence-corrected chi connectivity index (χ2v) is 13.7. The van der Waals surface area contributed by atoms with Gasteiger partial charge in [0.2, 0.25) is 0 Å². The van der Waals surface area contributed by atoms with Crippen LogP contribution in [0.1, 0.15) is 0 Å². The Bertz CT molecular complexity index is 2940. The van der Waals surface area contributed by atoms with E-state index in [1.165, 1.54) is 49.7 Å². The average Bonchev–Trinajstić information content (AvgIpc) is 3.62. The van der Waals surface area contributed by atoms with Crippen molar-refractivity contribution in [1.29, 1.82) is 0 Å². The zero-order chi connectivity index (χ0) is 35.8. The molecular formula is C52H35NO. The molecule has 0 amide bonds. The van der Waals surface area contributed by atoms with Crippen LogP contribution in [-0.4, -0.2) is 0 Å². The number of para-hydroxylation sites is 1. The maximum absolute atomic E-state index is 6.27. The normalized spacial score (nSPS) is 11.3. The summed E-state index contributed by atoms with van der Waals surface area (Å²) in [6, 6.07) is 76.0. The summed E-state index contributed by atoms with van der Waals surface area (Å²) >= 11 is 0. The van der Waals surface area contributed by atoms with E-state index >= 15 is 0 Å². The van der Waals surface area contributed by atoms with Crippen LogP contribution in [0.15, 0.2) is 217 Å². The molecule has 1 aromatic heterocycles. The molecular weight excluding hydrogens is 655 g/mol. The quantitative estimate of drug-likeness (QED) is 0.166. The number of furan rings is 1. The third-order valence-electron chi connectivity index (χ3n) is 10.5. The lowest BCUT2D eigenvalue weighted by Gasteiger charge is -2.28. The van der Waals surface area contributed by atoms with Crippen LogP contribution in [0.3, 0.4) is 0 Å². The summed E-state index contributed by atoms with van der Waals surface area (Å²) in [5, 5.41) is 4.59. The Labute approximate surface area is 314 Å². The summed E-state index contributed by atoms with van der Waals surface area (Å²) in [4.78, 5) is 2.39. The minimum Gasteiger partial charge on any atom is -0.456 e. The zero-order valence-corrected chi connectivity index (χ0v) is 29.6. The Morgan fingerprint density at radius 3 is 1.67 bits per heavy atom. The lowest BCUT2D eigenvalue weighted by atomic mass is 9.84. The van der Waals surface area contributed by atoms with Crippen molar-refractivity contribution in [2.24, 2.45) is 0 Å². The fraction of sp³-hybridized carbons (Fsp3) is 0. The molecule has 10 rings (SSSR count). The molecule has 1 heterocycles. The number of nitrogens with zero attached hydrogens (tertiary/aromatic N) is 1. The summed E-state index contributed by atoms with van der Waals surface area (Å²) < 4.78 is 6.27. The van der Waals surface area contributed by atoms with E-state index in [9.17, 15) is 0 Å². The highest BCUT2D eigenvalue weighted by atomic mass is 16.3. The highest BCUT2D eigenvalue weighted by molar-refractivity contribution is 6.08. The molecule has 254 valence electrons. The molecule has 0 unspecified atom stereocenters. The van der Waals surface area contributed by atoms with Gasteiger partial charge in [0.15, 0.2) is 0 Å².